The molecule has 1 aromatic rings. The van der Waals surface area contributed by atoms with E-state index >= 15 is 0 Å². The molecule has 0 spiro atoms. The fraction of sp³-hybridized carbons (Fsp3) is 0.571. The number of hydrogen-bond donors (Lipinski definition) is 0. The van der Waals surface area contributed by atoms with Crippen molar-refractivity contribution >= 4 is 28.6 Å². The molecule has 0 aliphatic carbocycles. The van der Waals surface area contributed by atoms with Crippen LogP contribution in [0.5, 0.6) is 5.75 Å². The Bertz CT molecular complexity index is 507. The van der Waals surface area contributed by atoms with Crippen molar-refractivity contribution in [3.63, 3.8) is 0 Å². The number of hydrogen-bond acceptors (Lipinski definition) is 2. The lowest BCUT2D eigenvalue weighted by Gasteiger charge is -2.31. The third-order valence-electron chi connectivity index (χ3n) is 2.79. The third kappa shape index (κ3) is 4.70. The van der Waals surface area contributed by atoms with Gasteiger partial charge < -0.3 is 4.52 Å². The highest BCUT2D eigenvalue weighted by Gasteiger charge is 2.30. The molecular weight excluding hydrogens is 302 g/mol. The van der Waals surface area contributed by atoms with Crippen LogP contribution in [0.3, 0.4) is 0 Å². The molecule has 0 saturated heterocycles. The Morgan fingerprint density at radius 2 is 1.53 bits per heavy atom. The van der Waals surface area contributed by atoms with Gasteiger partial charge in [-0.05, 0) is 22.5 Å². The standard InChI is InChI=1S/C14H21Cl2O2P/c1-13(2,3)10-8-7-9-11(18-19(15,16)17)12(10)14(4,5)6/h7-9H,1-6H3. The van der Waals surface area contributed by atoms with Crippen LogP contribution in [-0.4, -0.2) is 0 Å². The summed E-state index contributed by atoms with van der Waals surface area (Å²) in [6.45, 7) is 12.6. The first-order valence-corrected chi connectivity index (χ1v) is 9.59. The van der Waals surface area contributed by atoms with Gasteiger partial charge in [0.2, 0.25) is 0 Å². The van der Waals surface area contributed by atoms with E-state index in [-0.39, 0.29) is 10.8 Å². The van der Waals surface area contributed by atoms with Crippen molar-refractivity contribution in [3.8, 4) is 5.75 Å². The molecule has 0 unspecified atom stereocenters. The van der Waals surface area contributed by atoms with Crippen LogP contribution in [0.25, 0.3) is 0 Å². The summed E-state index contributed by atoms with van der Waals surface area (Å²) in [7, 11) is 0. The first-order valence-electron chi connectivity index (χ1n) is 6.15. The third-order valence-corrected chi connectivity index (χ3v) is 3.61. The molecule has 1 rings (SSSR count). The maximum Gasteiger partial charge on any atom is 0.428 e. The van der Waals surface area contributed by atoms with Crippen molar-refractivity contribution in [2.24, 2.45) is 0 Å². The summed E-state index contributed by atoms with van der Waals surface area (Å²) in [5.74, 6) is 0.494. The molecule has 0 atom stereocenters. The SMILES string of the molecule is CC(C)(C)c1cccc(OP(=O)(Cl)Cl)c1C(C)(C)C. The average molecular weight is 323 g/mol. The summed E-state index contributed by atoms with van der Waals surface area (Å²) in [4.78, 5) is 0. The molecule has 0 N–H and O–H groups in total. The van der Waals surface area contributed by atoms with Gasteiger partial charge in [0.1, 0.15) is 5.75 Å². The van der Waals surface area contributed by atoms with E-state index in [4.69, 9.17) is 27.0 Å². The summed E-state index contributed by atoms with van der Waals surface area (Å²) in [5, 5.41) is 0. The normalized spacial score (nSPS) is 13.5. The van der Waals surface area contributed by atoms with Gasteiger partial charge >= 0.3 is 6.07 Å². The van der Waals surface area contributed by atoms with Gasteiger partial charge in [-0.1, -0.05) is 53.7 Å². The van der Waals surface area contributed by atoms with Gasteiger partial charge in [-0.3, -0.25) is 0 Å². The van der Waals surface area contributed by atoms with E-state index in [0.717, 1.165) is 11.1 Å². The highest BCUT2D eigenvalue weighted by atomic mass is 35.9. The molecule has 19 heavy (non-hydrogen) atoms. The van der Waals surface area contributed by atoms with E-state index in [0.29, 0.717) is 5.75 Å². The molecule has 2 nitrogen and oxygen atoms in total. The van der Waals surface area contributed by atoms with Crippen LogP contribution in [0, 0.1) is 0 Å². The smallest absolute Gasteiger partial charge is 0.422 e. The van der Waals surface area contributed by atoms with Crippen molar-refractivity contribution in [2.45, 2.75) is 52.4 Å². The van der Waals surface area contributed by atoms with Crippen molar-refractivity contribution < 1.29 is 9.09 Å². The Morgan fingerprint density at radius 1 is 1.00 bits per heavy atom. The average Bonchev–Trinajstić information content (AvgIpc) is 2.11. The van der Waals surface area contributed by atoms with Gasteiger partial charge in [0, 0.05) is 28.0 Å². The largest absolute Gasteiger partial charge is 0.428 e. The Labute approximate surface area is 125 Å². The van der Waals surface area contributed by atoms with E-state index in [1.165, 1.54) is 0 Å². The zero-order valence-corrected chi connectivity index (χ0v) is 14.7. The zero-order chi connectivity index (χ0) is 15.1. The van der Waals surface area contributed by atoms with Gasteiger partial charge in [-0.15, -0.1) is 0 Å². The highest BCUT2D eigenvalue weighted by Crippen LogP contribution is 2.58. The summed E-state index contributed by atoms with van der Waals surface area (Å²) < 4.78 is 16.8. The fourth-order valence-electron chi connectivity index (χ4n) is 2.12. The molecular formula is C14H21Cl2O2P. The number of halogens is 2. The monoisotopic (exact) mass is 322 g/mol. The molecule has 108 valence electrons. The van der Waals surface area contributed by atoms with E-state index in [1.54, 1.807) is 6.07 Å². The lowest BCUT2D eigenvalue weighted by atomic mass is 9.75. The zero-order valence-electron chi connectivity index (χ0n) is 12.3. The Morgan fingerprint density at radius 3 is 1.89 bits per heavy atom. The Kier molecular flexibility index (Phi) is 4.72. The summed E-state index contributed by atoms with van der Waals surface area (Å²) in [5.41, 5.74) is 1.91. The quantitative estimate of drug-likeness (QED) is 0.602. The van der Waals surface area contributed by atoms with Crippen LogP contribution in [-0.2, 0) is 15.4 Å². The summed E-state index contributed by atoms with van der Waals surface area (Å²) >= 11 is 11.1. The van der Waals surface area contributed by atoms with Crippen LogP contribution in [0.4, 0.5) is 0 Å². The molecule has 0 radical (unpaired) electrons. The Balaban J connectivity index is 3.53. The van der Waals surface area contributed by atoms with Gasteiger partial charge in [0.25, 0.3) is 0 Å². The van der Waals surface area contributed by atoms with E-state index < -0.39 is 6.07 Å². The molecule has 0 fully saturated rings. The predicted molar refractivity (Wildman–Crippen MR) is 83.8 cm³/mol. The van der Waals surface area contributed by atoms with Crippen LogP contribution in [0.1, 0.15) is 52.7 Å². The second kappa shape index (κ2) is 5.31. The van der Waals surface area contributed by atoms with E-state index in [2.05, 4.69) is 47.6 Å². The van der Waals surface area contributed by atoms with Gasteiger partial charge in [-0.2, -0.15) is 0 Å². The molecule has 0 heterocycles. The maximum atomic E-state index is 11.5. The van der Waals surface area contributed by atoms with Crippen LogP contribution in [0.15, 0.2) is 18.2 Å². The van der Waals surface area contributed by atoms with Crippen LogP contribution >= 0.6 is 28.6 Å². The summed E-state index contributed by atoms with van der Waals surface area (Å²) in [6, 6.07) is 5.68. The summed E-state index contributed by atoms with van der Waals surface area (Å²) in [6.07, 6.45) is -3.61. The second-order valence-corrected chi connectivity index (χ2v) is 10.9. The molecule has 0 bridgehead atoms. The Hall–Kier alpha value is -0.170. The minimum atomic E-state index is -3.61. The molecule has 5 heteroatoms. The van der Waals surface area contributed by atoms with E-state index in [9.17, 15) is 4.57 Å². The lowest BCUT2D eigenvalue weighted by Crippen LogP contribution is -2.22. The van der Waals surface area contributed by atoms with Crippen LogP contribution < -0.4 is 4.52 Å². The number of rotatable bonds is 2. The fourth-order valence-corrected chi connectivity index (χ4v) is 2.95. The van der Waals surface area contributed by atoms with Crippen LogP contribution in [0.2, 0.25) is 0 Å². The lowest BCUT2D eigenvalue weighted by molar-refractivity contribution is 0.478. The molecule has 0 aliphatic rings. The second-order valence-electron chi connectivity index (χ2n) is 6.68. The molecule has 0 saturated carbocycles. The highest BCUT2D eigenvalue weighted by molar-refractivity contribution is 8.05. The van der Waals surface area contributed by atoms with Gasteiger partial charge in [0.15, 0.2) is 0 Å². The minimum Gasteiger partial charge on any atom is -0.422 e. The first kappa shape index (κ1) is 16.9. The van der Waals surface area contributed by atoms with Crippen molar-refractivity contribution in [1.29, 1.82) is 0 Å². The molecule has 1 aromatic carbocycles. The van der Waals surface area contributed by atoms with Gasteiger partial charge in [0.05, 0.1) is 0 Å². The topological polar surface area (TPSA) is 26.3 Å². The predicted octanol–water partition coefficient (Wildman–Crippen LogP) is 6.25. The first-order chi connectivity index (χ1) is 8.32. The van der Waals surface area contributed by atoms with Crippen molar-refractivity contribution in [2.75, 3.05) is 0 Å². The molecule has 0 aromatic heterocycles. The van der Waals surface area contributed by atoms with E-state index in [1.807, 2.05) is 6.07 Å². The molecule has 0 amide bonds. The minimum absolute atomic E-state index is 0.0510. The number of benzene rings is 1. The molecule has 0 aliphatic heterocycles. The van der Waals surface area contributed by atoms with Crippen molar-refractivity contribution in [3.05, 3.63) is 29.3 Å². The van der Waals surface area contributed by atoms with Crippen molar-refractivity contribution in [1.82, 2.24) is 0 Å². The van der Waals surface area contributed by atoms with Gasteiger partial charge in [-0.25, -0.2) is 4.57 Å². The maximum absolute atomic E-state index is 11.5.